The van der Waals surface area contributed by atoms with E-state index < -0.39 is 17.5 Å². The van der Waals surface area contributed by atoms with Crippen molar-refractivity contribution >= 4 is 33.4 Å². The minimum absolute atomic E-state index is 0.197. The van der Waals surface area contributed by atoms with E-state index in [2.05, 4.69) is 10.3 Å². The van der Waals surface area contributed by atoms with Gasteiger partial charge in [0.25, 0.3) is 5.91 Å². The van der Waals surface area contributed by atoms with Crippen LogP contribution in [-0.2, 0) is 21.7 Å². The van der Waals surface area contributed by atoms with Gasteiger partial charge in [0.2, 0.25) is 11.8 Å². The first-order chi connectivity index (χ1) is 15.7. The molecule has 1 saturated heterocycles. The number of aliphatic hydroxyl groups is 1. The highest BCUT2D eigenvalue weighted by atomic mass is 16.3. The molecule has 33 heavy (non-hydrogen) atoms. The van der Waals surface area contributed by atoms with Crippen molar-refractivity contribution in [1.82, 2.24) is 19.8 Å². The Kier molecular flexibility index (Phi) is 4.97. The number of nitrogens with one attached hydrogen (secondary N) is 1. The van der Waals surface area contributed by atoms with Crippen LogP contribution in [0.2, 0.25) is 0 Å². The zero-order valence-electron chi connectivity index (χ0n) is 17.6. The number of nitrogens with zero attached hydrogens (tertiary/aromatic N) is 3. The van der Waals surface area contributed by atoms with E-state index in [0.29, 0.717) is 29.1 Å². The fourth-order valence-electron chi connectivity index (χ4n) is 4.32. The third kappa shape index (κ3) is 3.76. The lowest BCUT2D eigenvalue weighted by atomic mass is 9.73. The van der Waals surface area contributed by atoms with Gasteiger partial charge >= 0.3 is 0 Å². The number of hydrogen-bond acceptors (Lipinski definition) is 5. The summed E-state index contributed by atoms with van der Waals surface area (Å²) < 4.78 is 1.28. The SMILES string of the molecule is [B]C([B])(O)n1cc(-c2ccc3c(c2)CN(C2CCC(=O)NC2=O)C3=O)nc1-c1ccccc1. The second-order valence-electron chi connectivity index (χ2n) is 8.24. The van der Waals surface area contributed by atoms with Crippen molar-refractivity contribution in [3.63, 3.8) is 0 Å². The Labute approximate surface area is 192 Å². The van der Waals surface area contributed by atoms with E-state index in [1.807, 2.05) is 36.4 Å². The van der Waals surface area contributed by atoms with Crippen LogP contribution in [0.3, 0.4) is 0 Å². The highest BCUT2D eigenvalue weighted by Crippen LogP contribution is 2.33. The molecule has 2 N–H and O–H groups in total. The number of fused-ring (bicyclic) bond motifs is 1. The van der Waals surface area contributed by atoms with Crippen molar-refractivity contribution in [2.45, 2.75) is 31.0 Å². The largest absolute Gasteiger partial charge is 0.389 e. The molecule has 1 atom stereocenters. The summed E-state index contributed by atoms with van der Waals surface area (Å²) in [5, 5.41) is 12.6. The van der Waals surface area contributed by atoms with Crippen LogP contribution in [0.5, 0.6) is 0 Å². The highest BCUT2D eigenvalue weighted by molar-refractivity contribution is 6.36. The number of hydrogen-bond donors (Lipinski definition) is 2. The number of amides is 3. The van der Waals surface area contributed by atoms with Gasteiger partial charge in [0.05, 0.1) is 11.2 Å². The molecule has 160 valence electrons. The van der Waals surface area contributed by atoms with E-state index in [4.69, 9.17) is 15.7 Å². The van der Waals surface area contributed by atoms with Crippen molar-refractivity contribution in [2.75, 3.05) is 0 Å². The van der Waals surface area contributed by atoms with Crippen LogP contribution in [0.1, 0.15) is 28.8 Å². The first kappa shape index (κ1) is 21.2. The molecule has 10 heteroatoms. The summed E-state index contributed by atoms with van der Waals surface area (Å²) >= 11 is 0. The first-order valence-electron chi connectivity index (χ1n) is 10.5. The standard InChI is InChI=1S/C23H18B2N4O4/c24-23(25,33)29-12-17(26-20(29)13-4-2-1-3-5-13)14-6-7-16-15(10-14)11-28(22(16)32)18-8-9-19(30)27-21(18)31/h1-7,10,12,18,33H,8-9,11H2,(H,27,30,31). The van der Waals surface area contributed by atoms with Crippen molar-refractivity contribution in [3.05, 3.63) is 65.9 Å². The quantitative estimate of drug-likeness (QED) is 0.467. The monoisotopic (exact) mass is 436 g/mol. The van der Waals surface area contributed by atoms with Crippen molar-refractivity contribution < 1.29 is 19.5 Å². The Bertz CT molecular complexity index is 1280. The molecule has 0 bridgehead atoms. The van der Waals surface area contributed by atoms with Gasteiger partial charge in [-0.25, -0.2) is 4.98 Å². The minimum atomic E-state index is -2.16. The summed E-state index contributed by atoms with van der Waals surface area (Å²) in [4.78, 5) is 42.8. The molecule has 3 amide bonds. The summed E-state index contributed by atoms with van der Waals surface area (Å²) in [5.74, 6) is -0.643. The van der Waals surface area contributed by atoms with Crippen LogP contribution in [0.15, 0.2) is 54.7 Å². The number of rotatable bonds is 4. The third-order valence-electron chi connectivity index (χ3n) is 5.94. The lowest BCUT2D eigenvalue weighted by molar-refractivity contribution is -0.136. The topological polar surface area (TPSA) is 105 Å². The molecule has 2 aliphatic heterocycles. The van der Waals surface area contributed by atoms with Crippen LogP contribution in [-0.4, -0.2) is 59.0 Å². The van der Waals surface area contributed by atoms with Crippen LogP contribution in [0, 0.1) is 0 Å². The van der Waals surface area contributed by atoms with Crippen LogP contribution < -0.4 is 5.32 Å². The average molecular weight is 436 g/mol. The Morgan fingerprint density at radius 2 is 1.82 bits per heavy atom. The Morgan fingerprint density at radius 1 is 1.06 bits per heavy atom. The Morgan fingerprint density at radius 3 is 2.52 bits per heavy atom. The molecule has 4 radical (unpaired) electrons. The van der Waals surface area contributed by atoms with Gasteiger partial charge in [-0.05, 0) is 24.1 Å². The average Bonchev–Trinajstić information content (AvgIpc) is 3.37. The van der Waals surface area contributed by atoms with Gasteiger partial charge in [-0.2, -0.15) is 0 Å². The molecule has 1 fully saturated rings. The predicted molar refractivity (Wildman–Crippen MR) is 121 cm³/mol. The van der Waals surface area contributed by atoms with E-state index in [-0.39, 0.29) is 24.8 Å². The fourth-order valence-corrected chi connectivity index (χ4v) is 4.32. The van der Waals surface area contributed by atoms with Crippen LogP contribution in [0.4, 0.5) is 0 Å². The van der Waals surface area contributed by atoms with Crippen LogP contribution in [0.25, 0.3) is 22.6 Å². The van der Waals surface area contributed by atoms with Gasteiger partial charge in [0.1, 0.15) is 27.6 Å². The lowest BCUT2D eigenvalue weighted by Gasteiger charge is -2.29. The molecule has 3 heterocycles. The molecule has 5 rings (SSSR count). The second-order valence-corrected chi connectivity index (χ2v) is 8.24. The van der Waals surface area contributed by atoms with Gasteiger partial charge in [0, 0.05) is 35.9 Å². The fraction of sp³-hybridized carbons (Fsp3) is 0.217. The van der Waals surface area contributed by atoms with Crippen LogP contribution >= 0.6 is 0 Å². The van der Waals surface area contributed by atoms with Crippen molar-refractivity contribution in [1.29, 1.82) is 0 Å². The van der Waals surface area contributed by atoms with E-state index >= 15 is 0 Å². The number of imidazole rings is 1. The maximum absolute atomic E-state index is 12.9. The zero-order chi connectivity index (χ0) is 23.3. The summed E-state index contributed by atoms with van der Waals surface area (Å²) in [6.45, 7) is 0.248. The molecule has 2 aromatic carbocycles. The molecule has 1 aromatic heterocycles. The Hall–Kier alpha value is -3.65. The molecule has 1 unspecified atom stereocenters. The molecular weight excluding hydrogens is 418 g/mol. The molecule has 3 aromatic rings. The molecular formula is C23H18B2N4O4. The van der Waals surface area contributed by atoms with Gasteiger partial charge in [-0.1, -0.05) is 36.4 Å². The maximum Gasteiger partial charge on any atom is 0.255 e. The number of carbonyl (C=O) groups is 3. The predicted octanol–water partition coefficient (Wildman–Crippen LogP) is 0.875. The second kappa shape index (κ2) is 7.74. The summed E-state index contributed by atoms with van der Waals surface area (Å²) in [5.41, 5.74) is 1.02. The Balaban J connectivity index is 1.49. The summed E-state index contributed by atoms with van der Waals surface area (Å²) in [6, 6.07) is 13.8. The van der Waals surface area contributed by atoms with Crippen molar-refractivity contribution in [2.24, 2.45) is 0 Å². The lowest BCUT2D eigenvalue weighted by Crippen LogP contribution is -2.52. The minimum Gasteiger partial charge on any atom is -0.389 e. The molecule has 8 nitrogen and oxygen atoms in total. The van der Waals surface area contributed by atoms with Gasteiger partial charge in [-0.15, -0.1) is 0 Å². The molecule has 0 saturated carbocycles. The molecule has 0 aliphatic carbocycles. The smallest absolute Gasteiger partial charge is 0.255 e. The van der Waals surface area contributed by atoms with Gasteiger partial charge in [-0.3, -0.25) is 19.7 Å². The number of carbonyl (C=O) groups excluding carboxylic acids is 3. The van der Waals surface area contributed by atoms with E-state index in [1.165, 1.54) is 9.47 Å². The number of benzene rings is 2. The molecule has 0 spiro atoms. The van der Waals surface area contributed by atoms with E-state index in [1.54, 1.807) is 18.3 Å². The number of imide groups is 1. The maximum atomic E-state index is 12.9. The van der Waals surface area contributed by atoms with Gasteiger partial charge in [0.15, 0.2) is 0 Å². The highest BCUT2D eigenvalue weighted by Gasteiger charge is 2.39. The summed E-state index contributed by atoms with van der Waals surface area (Å²) in [6.07, 6.45) is 2.05. The van der Waals surface area contributed by atoms with E-state index in [0.717, 1.165) is 11.1 Å². The normalized spacial score (nSPS) is 18.4. The number of piperidine rings is 1. The van der Waals surface area contributed by atoms with Gasteiger partial charge < -0.3 is 14.6 Å². The molecule has 2 aliphatic rings. The van der Waals surface area contributed by atoms with Crippen molar-refractivity contribution in [3.8, 4) is 22.6 Å². The zero-order valence-corrected chi connectivity index (χ0v) is 17.6. The summed E-state index contributed by atoms with van der Waals surface area (Å²) in [7, 11) is 11.5. The third-order valence-corrected chi connectivity index (χ3v) is 5.94. The first-order valence-corrected chi connectivity index (χ1v) is 10.5. The van der Waals surface area contributed by atoms with E-state index in [9.17, 15) is 19.5 Å². The number of aromatic nitrogens is 2.